The fourth-order valence-corrected chi connectivity index (χ4v) is 2.77. The van der Waals surface area contributed by atoms with E-state index >= 15 is 0 Å². The van der Waals surface area contributed by atoms with Gasteiger partial charge in [-0.05, 0) is 45.4 Å². The zero-order valence-corrected chi connectivity index (χ0v) is 16.7. The number of amides is 1. The van der Waals surface area contributed by atoms with Gasteiger partial charge in [-0.15, -0.1) is 0 Å². The predicted molar refractivity (Wildman–Crippen MR) is 110 cm³/mol. The molecule has 0 saturated heterocycles. The van der Waals surface area contributed by atoms with Gasteiger partial charge in [-0.2, -0.15) is 0 Å². The number of benzene rings is 2. The van der Waals surface area contributed by atoms with Crippen LogP contribution >= 0.6 is 0 Å². The molecule has 0 fully saturated rings. The van der Waals surface area contributed by atoms with E-state index in [0.29, 0.717) is 23.6 Å². The van der Waals surface area contributed by atoms with Gasteiger partial charge in [-0.1, -0.05) is 42.0 Å². The Balaban J connectivity index is 1.65. The van der Waals surface area contributed by atoms with Gasteiger partial charge >= 0.3 is 0 Å². The van der Waals surface area contributed by atoms with Crippen molar-refractivity contribution in [2.45, 2.75) is 40.3 Å². The molecule has 0 aliphatic heterocycles. The minimum Gasteiger partial charge on any atom is -0.491 e. The van der Waals surface area contributed by atoms with Crippen LogP contribution in [0.5, 0.6) is 5.75 Å². The number of hydrogen-bond donors (Lipinski definition) is 1. The lowest BCUT2D eigenvalue weighted by atomic mass is 10.1. The number of carbonyl (C=O) groups excluding carboxylic acids is 1. The molecule has 144 valence electrons. The lowest BCUT2D eigenvalue weighted by Gasteiger charge is -2.11. The summed E-state index contributed by atoms with van der Waals surface area (Å²) in [7, 11) is 0. The number of nitrogens with one attached hydrogen (secondary N) is 1. The van der Waals surface area contributed by atoms with Crippen molar-refractivity contribution < 1.29 is 9.53 Å². The Morgan fingerprint density at radius 1 is 1.04 bits per heavy atom. The quantitative estimate of drug-likeness (QED) is 0.690. The van der Waals surface area contributed by atoms with Gasteiger partial charge < -0.3 is 10.1 Å². The molecule has 0 radical (unpaired) electrons. The van der Waals surface area contributed by atoms with E-state index in [9.17, 15) is 4.79 Å². The summed E-state index contributed by atoms with van der Waals surface area (Å²) < 4.78 is 5.63. The lowest BCUT2D eigenvalue weighted by Crippen LogP contribution is -2.24. The minimum absolute atomic E-state index is 0.136. The van der Waals surface area contributed by atoms with E-state index < -0.39 is 0 Å². The number of aromatic nitrogens is 2. The summed E-state index contributed by atoms with van der Waals surface area (Å²) in [6.45, 7) is 8.27. The Morgan fingerprint density at radius 2 is 1.71 bits per heavy atom. The molecular weight excluding hydrogens is 350 g/mol. The van der Waals surface area contributed by atoms with Crippen molar-refractivity contribution in [1.82, 2.24) is 15.3 Å². The molecule has 0 unspecified atom stereocenters. The van der Waals surface area contributed by atoms with Crippen molar-refractivity contribution in [1.29, 1.82) is 0 Å². The van der Waals surface area contributed by atoms with E-state index in [1.165, 1.54) is 5.56 Å². The molecule has 1 heterocycles. The highest BCUT2D eigenvalue weighted by Crippen LogP contribution is 2.17. The van der Waals surface area contributed by atoms with E-state index in [4.69, 9.17) is 4.74 Å². The van der Waals surface area contributed by atoms with Crippen molar-refractivity contribution in [3.63, 3.8) is 0 Å². The molecule has 3 rings (SSSR count). The van der Waals surface area contributed by atoms with Crippen molar-refractivity contribution in [3.05, 3.63) is 77.1 Å². The third-order valence-corrected chi connectivity index (χ3v) is 4.28. The van der Waals surface area contributed by atoms with Crippen molar-refractivity contribution >= 4 is 5.91 Å². The molecule has 0 aliphatic carbocycles. The molecule has 0 aliphatic rings. The lowest BCUT2D eigenvalue weighted by molar-refractivity contribution is 0.0949. The maximum atomic E-state index is 12.5. The standard InChI is InChI=1S/C23H25N3O2/c1-15(2)28-20-11-7-18(8-12-20)13-25-23(27)21-14-24-22(26-17(21)4)19-9-5-16(3)6-10-19/h5-12,14-15H,13H2,1-4H3,(H,25,27). The van der Waals surface area contributed by atoms with Gasteiger partial charge in [0.25, 0.3) is 5.91 Å². The Labute approximate surface area is 165 Å². The van der Waals surface area contributed by atoms with Crippen LogP contribution in [-0.4, -0.2) is 22.0 Å². The SMILES string of the molecule is Cc1ccc(-c2ncc(C(=O)NCc3ccc(OC(C)C)cc3)c(C)n2)cc1. The zero-order chi connectivity index (χ0) is 20.1. The molecule has 5 heteroatoms. The highest BCUT2D eigenvalue weighted by molar-refractivity contribution is 5.95. The molecule has 0 atom stereocenters. The summed E-state index contributed by atoms with van der Waals surface area (Å²) in [5, 5.41) is 2.92. The summed E-state index contributed by atoms with van der Waals surface area (Å²) in [6, 6.07) is 15.7. The number of hydrogen-bond acceptors (Lipinski definition) is 4. The predicted octanol–water partition coefficient (Wildman–Crippen LogP) is 4.48. The molecule has 5 nitrogen and oxygen atoms in total. The summed E-state index contributed by atoms with van der Waals surface area (Å²) >= 11 is 0. The minimum atomic E-state index is -0.185. The Bertz CT molecular complexity index is 949. The molecule has 0 saturated carbocycles. The highest BCUT2D eigenvalue weighted by Gasteiger charge is 2.12. The van der Waals surface area contributed by atoms with Crippen LogP contribution in [0, 0.1) is 13.8 Å². The third kappa shape index (κ3) is 4.94. The molecule has 3 aromatic rings. The molecular formula is C23H25N3O2. The molecule has 28 heavy (non-hydrogen) atoms. The number of rotatable bonds is 6. The average molecular weight is 375 g/mol. The summed E-state index contributed by atoms with van der Waals surface area (Å²) in [4.78, 5) is 21.4. The van der Waals surface area contributed by atoms with Crippen LogP contribution in [0.4, 0.5) is 0 Å². The van der Waals surface area contributed by atoms with Gasteiger partial charge in [0, 0.05) is 18.3 Å². The van der Waals surface area contributed by atoms with Crippen LogP contribution in [0.15, 0.2) is 54.7 Å². The van der Waals surface area contributed by atoms with Gasteiger partial charge in [0.05, 0.1) is 17.4 Å². The molecule has 1 N–H and O–H groups in total. The fourth-order valence-electron chi connectivity index (χ4n) is 2.77. The second-order valence-electron chi connectivity index (χ2n) is 7.05. The van der Waals surface area contributed by atoms with Gasteiger partial charge in [0.2, 0.25) is 0 Å². The highest BCUT2D eigenvalue weighted by atomic mass is 16.5. The van der Waals surface area contributed by atoms with E-state index in [-0.39, 0.29) is 12.0 Å². The van der Waals surface area contributed by atoms with Crippen LogP contribution in [-0.2, 0) is 6.54 Å². The first-order valence-electron chi connectivity index (χ1n) is 9.37. The van der Waals surface area contributed by atoms with Crippen molar-refractivity contribution in [3.8, 4) is 17.1 Å². The van der Waals surface area contributed by atoms with Crippen LogP contribution in [0.3, 0.4) is 0 Å². The largest absolute Gasteiger partial charge is 0.491 e. The smallest absolute Gasteiger partial charge is 0.254 e. The van der Waals surface area contributed by atoms with Gasteiger partial charge in [0.15, 0.2) is 5.82 Å². The van der Waals surface area contributed by atoms with Gasteiger partial charge in [-0.25, -0.2) is 9.97 Å². The maximum absolute atomic E-state index is 12.5. The molecule has 2 aromatic carbocycles. The number of nitrogens with zero attached hydrogens (tertiary/aromatic N) is 2. The van der Waals surface area contributed by atoms with Crippen molar-refractivity contribution in [2.75, 3.05) is 0 Å². The van der Waals surface area contributed by atoms with Crippen LogP contribution < -0.4 is 10.1 Å². The second-order valence-corrected chi connectivity index (χ2v) is 7.05. The van der Waals surface area contributed by atoms with E-state index in [2.05, 4.69) is 15.3 Å². The number of carbonyl (C=O) groups is 1. The Morgan fingerprint density at radius 3 is 2.32 bits per heavy atom. The Kier molecular flexibility index (Phi) is 6.04. The molecule has 0 bridgehead atoms. The molecule has 0 spiro atoms. The number of ether oxygens (including phenoxy) is 1. The first kappa shape index (κ1) is 19.5. The first-order valence-corrected chi connectivity index (χ1v) is 9.37. The zero-order valence-electron chi connectivity index (χ0n) is 16.7. The monoisotopic (exact) mass is 375 g/mol. The van der Waals surface area contributed by atoms with E-state index in [0.717, 1.165) is 16.9 Å². The second kappa shape index (κ2) is 8.65. The Hall–Kier alpha value is -3.21. The number of aryl methyl sites for hydroxylation is 2. The van der Waals surface area contributed by atoms with Gasteiger partial charge in [0.1, 0.15) is 5.75 Å². The normalized spacial score (nSPS) is 10.8. The summed E-state index contributed by atoms with van der Waals surface area (Å²) in [5.41, 5.74) is 4.25. The van der Waals surface area contributed by atoms with Crippen LogP contribution in [0.25, 0.3) is 11.4 Å². The fraction of sp³-hybridized carbons (Fsp3) is 0.261. The van der Waals surface area contributed by atoms with E-state index in [1.54, 1.807) is 6.20 Å². The van der Waals surface area contributed by atoms with E-state index in [1.807, 2.05) is 76.2 Å². The summed E-state index contributed by atoms with van der Waals surface area (Å²) in [5.74, 6) is 1.26. The summed E-state index contributed by atoms with van der Waals surface area (Å²) in [6.07, 6.45) is 1.73. The topological polar surface area (TPSA) is 64.1 Å². The van der Waals surface area contributed by atoms with Crippen LogP contribution in [0.2, 0.25) is 0 Å². The third-order valence-electron chi connectivity index (χ3n) is 4.28. The van der Waals surface area contributed by atoms with Gasteiger partial charge in [-0.3, -0.25) is 4.79 Å². The first-order chi connectivity index (χ1) is 13.4. The van der Waals surface area contributed by atoms with Crippen LogP contribution in [0.1, 0.15) is 41.0 Å². The average Bonchev–Trinajstić information content (AvgIpc) is 2.67. The molecule has 1 aromatic heterocycles. The maximum Gasteiger partial charge on any atom is 0.254 e. The van der Waals surface area contributed by atoms with Crippen molar-refractivity contribution in [2.24, 2.45) is 0 Å². The molecule has 1 amide bonds.